The molecule has 4 rings (SSSR count). The Morgan fingerprint density at radius 1 is 0.882 bits per heavy atom. The Kier molecular flexibility index (Phi) is 6.84. The molecule has 0 aromatic heterocycles. The molecule has 7 heteroatoms. The zero-order chi connectivity index (χ0) is 24.3. The van der Waals surface area contributed by atoms with E-state index in [9.17, 15) is 18.0 Å². The lowest BCUT2D eigenvalue weighted by atomic mass is 10.1. The SMILES string of the molecule is Cc1ccc(S(=O)(=O)Cc2ccc(C(=O)Nc3c(C)cccc3C(=O)N3CCCC3)cc2)cc1. The molecule has 6 nitrogen and oxygen atoms in total. The first-order valence-electron chi connectivity index (χ1n) is 11.3. The number of hydrogen-bond donors (Lipinski definition) is 1. The van der Waals surface area contributed by atoms with Crippen LogP contribution in [0.1, 0.15) is 50.2 Å². The monoisotopic (exact) mass is 476 g/mol. The minimum Gasteiger partial charge on any atom is -0.339 e. The normalized spacial score (nSPS) is 13.6. The average Bonchev–Trinajstić information content (AvgIpc) is 3.35. The molecule has 1 N–H and O–H groups in total. The summed E-state index contributed by atoms with van der Waals surface area (Å²) in [5.41, 5.74) is 3.77. The Morgan fingerprint density at radius 3 is 2.18 bits per heavy atom. The maximum atomic E-state index is 13.0. The Balaban J connectivity index is 1.50. The van der Waals surface area contributed by atoms with Gasteiger partial charge in [0, 0.05) is 18.7 Å². The maximum absolute atomic E-state index is 13.0. The molecule has 2 amide bonds. The van der Waals surface area contributed by atoms with E-state index in [0.717, 1.165) is 37.1 Å². The maximum Gasteiger partial charge on any atom is 0.255 e. The predicted molar refractivity (Wildman–Crippen MR) is 133 cm³/mol. The van der Waals surface area contributed by atoms with Crippen molar-refractivity contribution in [1.29, 1.82) is 0 Å². The third-order valence-electron chi connectivity index (χ3n) is 6.09. The Morgan fingerprint density at radius 2 is 1.53 bits per heavy atom. The molecule has 1 aliphatic rings. The number of anilines is 1. The van der Waals surface area contributed by atoms with Gasteiger partial charge in [0.1, 0.15) is 0 Å². The highest BCUT2D eigenvalue weighted by Crippen LogP contribution is 2.25. The molecule has 1 saturated heterocycles. The van der Waals surface area contributed by atoms with Crippen molar-refractivity contribution in [2.75, 3.05) is 18.4 Å². The van der Waals surface area contributed by atoms with E-state index in [1.54, 1.807) is 54.6 Å². The summed E-state index contributed by atoms with van der Waals surface area (Å²) in [6.07, 6.45) is 1.98. The van der Waals surface area contributed by atoms with Crippen LogP contribution in [0.2, 0.25) is 0 Å². The highest BCUT2D eigenvalue weighted by molar-refractivity contribution is 7.90. The molecular formula is C27H28N2O4S. The largest absolute Gasteiger partial charge is 0.339 e. The number of nitrogens with zero attached hydrogens (tertiary/aromatic N) is 1. The number of carbonyl (C=O) groups is 2. The zero-order valence-electron chi connectivity index (χ0n) is 19.4. The van der Waals surface area contributed by atoms with E-state index >= 15 is 0 Å². The quantitative estimate of drug-likeness (QED) is 0.556. The summed E-state index contributed by atoms with van der Waals surface area (Å²) >= 11 is 0. The van der Waals surface area contributed by atoms with Gasteiger partial charge in [-0.2, -0.15) is 0 Å². The number of sulfone groups is 1. The fraction of sp³-hybridized carbons (Fsp3) is 0.259. The Labute approximate surface area is 200 Å². The number of para-hydroxylation sites is 1. The van der Waals surface area contributed by atoms with Crippen molar-refractivity contribution in [3.05, 3.63) is 94.5 Å². The van der Waals surface area contributed by atoms with Crippen LogP contribution in [0.15, 0.2) is 71.6 Å². The molecule has 0 radical (unpaired) electrons. The summed E-state index contributed by atoms with van der Waals surface area (Å²) in [5, 5.41) is 2.89. The van der Waals surface area contributed by atoms with Crippen molar-refractivity contribution >= 4 is 27.3 Å². The molecule has 1 aliphatic heterocycles. The van der Waals surface area contributed by atoms with Gasteiger partial charge in [-0.3, -0.25) is 9.59 Å². The second-order valence-electron chi connectivity index (χ2n) is 8.72. The third-order valence-corrected chi connectivity index (χ3v) is 7.79. The lowest BCUT2D eigenvalue weighted by Crippen LogP contribution is -2.29. The summed E-state index contributed by atoms with van der Waals surface area (Å²) in [6.45, 7) is 5.22. The first-order chi connectivity index (χ1) is 16.2. The van der Waals surface area contributed by atoms with E-state index in [4.69, 9.17) is 0 Å². The molecule has 0 bridgehead atoms. The number of benzene rings is 3. The second-order valence-corrected chi connectivity index (χ2v) is 10.7. The van der Waals surface area contributed by atoms with E-state index in [1.165, 1.54) is 0 Å². The molecule has 0 atom stereocenters. The van der Waals surface area contributed by atoms with Gasteiger partial charge < -0.3 is 10.2 Å². The number of hydrogen-bond acceptors (Lipinski definition) is 4. The van der Waals surface area contributed by atoms with Gasteiger partial charge in [-0.25, -0.2) is 8.42 Å². The van der Waals surface area contributed by atoms with Crippen LogP contribution in [0.4, 0.5) is 5.69 Å². The van der Waals surface area contributed by atoms with E-state index in [1.807, 2.05) is 30.9 Å². The first-order valence-corrected chi connectivity index (χ1v) is 13.0. The predicted octanol–water partition coefficient (Wildman–Crippen LogP) is 4.77. The minimum atomic E-state index is -3.48. The number of nitrogens with one attached hydrogen (secondary N) is 1. The number of amides is 2. The van der Waals surface area contributed by atoms with Crippen molar-refractivity contribution in [3.8, 4) is 0 Å². The topological polar surface area (TPSA) is 83.5 Å². The van der Waals surface area contributed by atoms with Crippen LogP contribution in [0.3, 0.4) is 0 Å². The van der Waals surface area contributed by atoms with Gasteiger partial charge in [0.2, 0.25) is 0 Å². The fourth-order valence-corrected chi connectivity index (χ4v) is 5.44. The highest BCUT2D eigenvalue weighted by Gasteiger charge is 2.23. The summed E-state index contributed by atoms with van der Waals surface area (Å²) in [6, 6.07) is 18.7. The van der Waals surface area contributed by atoms with Crippen LogP contribution in [0, 0.1) is 13.8 Å². The van der Waals surface area contributed by atoms with Gasteiger partial charge in [0.05, 0.1) is 21.9 Å². The van der Waals surface area contributed by atoms with E-state index in [2.05, 4.69) is 5.32 Å². The molecule has 1 fully saturated rings. The molecule has 0 unspecified atom stereocenters. The van der Waals surface area contributed by atoms with E-state index in [-0.39, 0.29) is 22.5 Å². The summed E-state index contributed by atoms with van der Waals surface area (Å²) < 4.78 is 25.4. The molecule has 3 aromatic rings. The molecule has 1 heterocycles. The highest BCUT2D eigenvalue weighted by atomic mass is 32.2. The van der Waals surface area contributed by atoms with E-state index in [0.29, 0.717) is 22.4 Å². The Bertz CT molecular complexity index is 1310. The lowest BCUT2D eigenvalue weighted by molar-refractivity contribution is 0.0793. The number of rotatable bonds is 6. The van der Waals surface area contributed by atoms with Gasteiger partial charge in [-0.1, -0.05) is 42.0 Å². The van der Waals surface area contributed by atoms with Crippen molar-refractivity contribution in [3.63, 3.8) is 0 Å². The minimum absolute atomic E-state index is 0.0758. The Hall–Kier alpha value is -3.45. The molecule has 0 saturated carbocycles. The molecule has 0 aliphatic carbocycles. The summed E-state index contributed by atoms with van der Waals surface area (Å²) in [5.74, 6) is -0.574. The number of likely N-dealkylation sites (tertiary alicyclic amines) is 1. The van der Waals surface area contributed by atoms with Crippen molar-refractivity contribution in [2.45, 2.75) is 37.3 Å². The van der Waals surface area contributed by atoms with Gasteiger partial charge in [-0.05, 0) is 68.1 Å². The van der Waals surface area contributed by atoms with Crippen molar-refractivity contribution in [1.82, 2.24) is 4.90 Å². The van der Waals surface area contributed by atoms with Gasteiger partial charge in [-0.15, -0.1) is 0 Å². The number of aryl methyl sites for hydroxylation is 2. The lowest BCUT2D eigenvalue weighted by Gasteiger charge is -2.19. The van der Waals surface area contributed by atoms with Crippen LogP contribution in [-0.2, 0) is 15.6 Å². The molecule has 34 heavy (non-hydrogen) atoms. The molecule has 0 spiro atoms. The first kappa shape index (κ1) is 23.7. The fourth-order valence-electron chi connectivity index (χ4n) is 4.09. The molecular weight excluding hydrogens is 448 g/mol. The van der Waals surface area contributed by atoms with Crippen LogP contribution < -0.4 is 5.32 Å². The van der Waals surface area contributed by atoms with Crippen LogP contribution in [0.25, 0.3) is 0 Å². The third kappa shape index (κ3) is 5.20. The smallest absolute Gasteiger partial charge is 0.255 e. The van der Waals surface area contributed by atoms with Crippen LogP contribution in [-0.4, -0.2) is 38.2 Å². The summed E-state index contributed by atoms with van der Waals surface area (Å²) in [7, 11) is -3.48. The second kappa shape index (κ2) is 9.81. The van der Waals surface area contributed by atoms with Gasteiger partial charge >= 0.3 is 0 Å². The van der Waals surface area contributed by atoms with Crippen LogP contribution in [0.5, 0.6) is 0 Å². The van der Waals surface area contributed by atoms with Gasteiger partial charge in [0.15, 0.2) is 9.84 Å². The molecule has 176 valence electrons. The van der Waals surface area contributed by atoms with E-state index < -0.39 is 9.84 Å². The number of carbonyl (C=O) groups excluding carboxylic acids is 2. The summed E-state index contributed by atoms with van der Waals surface area (Å²) in [4.78, 5) is 28.0. The van der Waals surface area contributed by atoms with Crippen LogP contribution >= 0.6 is 0 Å². The average molecular weight is 477 g/mol. The zero-order valence-corrected chi connectivity index (χ0v) is 20.2. The molecule has 3 aromatic carbocycles. The standard InChI is InChI=1S/C27H28N2O4S/c1-19-8-14-23(15-9-19)34(32,33)18-21-10-12-22(13-11-21)26(30)28-25-20(2)6-5-7-24(25)27(31)29-16-3-4-17-29/h5-15H,3-4,16-18H2,1-2H3,(H,28,30). The van der Waals surface area contributed by atoms with Gasteiger partial charge in [0.25, 0.3) is 11.8 Å². The van der Waals surface area contributed by atoms with Crippen molar-refractivity contribution < 1.29 is 18.0 Å². The van der Waals surface area contributed by atoms with Crippen molar-refractivity contribution in [2.24, 2.45) is 0 Å².